The summed E-state index contributed by atoms with van der Waals surface area (Å²) in [4.78, 5) is 15.9. The Balaban J connectivity index is 2.12. The highest BCUT2D eigenvalue weighted by molar-refractivity contribution is 8.03. The maximum atomic E-state index is 14.0. The summed E-state index contributed by atoms with van der Waals surface area (Å²) < 4.78 is 37.4. The summed E-state index contributed by atoms with van der Waals surface area (Å²) in [5, 5.41) is 4.49. The lowest BCUT2D eigenvalue weighted by Gasteiger charge is -2.15. The van der Waals surface area contributed by atoms with Crippen molar-refractivity contribution in [3.8, 4) is 22.8 Å². The zero-order chi connectivity index (χ0) is 21.0. The normalized spacial score (nSPS) is 10.5. The van der Waals surface area contributed by atoms with Gasteiger partial charge in [-0.2, -0.15) is 0 Å². The molecule has 0 aliphatic rings. The second-order valence-corrected chi connectivity index (χ2v) is 6.72. The van der Waals surface area contributed by atoms with Crippen LogP contribution < -0.4 is 20.3 Å². The quantitative estimate of drug-likeness (QED) is 0.541. The molecule has 2 aromatic heterocycles. The molecular weight excluding hydrogens is 398 g/mol. The summed E-state index contributed by atoms with van der Waals surface area (Å²) >= 11 is 1.28. The Hall–Kier alpha value is -3.33. The van der Waals surface area contributed by atoms with Crippen molar-refractivity contribution in [3.05, 3.63) is 76.7 Å². The number of nitrogens with zero attached hydrogens (tertiary/aromatic N) is 2. The molecule has 3 aromatic rings. The molecule has 0 unspecified atom stereocenters. The highest BCUT2D eigenvalue weighted by Crippen LogP contribution is 2.36. The minimum atomic E-state index is -0.920. The van der Waals surface area contributed by atoms with Crippen LogP contribution in [0.3, 0.4) is 0 Å². The van der Waals surface area contributed by atoms with Crippen LogP contribution in [0.1, 0.15) is 0 Å². The van der Waals surface area contributed by atoms with Gasteiger partial charge in [-0.25, -0.2) is 13.8 Å². The van der Waals surface area contributed by atoms with E-state index in [0.29, 0.717) is 22.9 Å². The van der Waals surface area contributed by atoms with Gasteiger partial charge in [-0.15, -0.1) is 0 Å². The van der Waals surface area contributed by atoms with Gasteiger partial charge in [0.1, 0.15) is 17.3 Å². The molecule has 2 N–H and O–H groups in total. The molecule has 150 valence electrons. The van der Waals surface area contributed by atoms with E-state index in [4.69, 9.17) is 4.74 Å². The third-order valence-corrected chi connectivity index (χ3v) is 4.50. The van der Waals surface area contributed by atoms with Crippen molar-refractivity contribution < 1.29 is 13.5 Å². The van der Waals surface area contributed by atoms with E-state index < -0.39 is 11.6 Å². The molecule has 6 nitrogen and oxygen atoms in total. The summed E-state index contributed by atoms with van der Waals surface area (Å²) in [7, 11) is 3.28. The molecule has 0 aliphatic heterocycles. The highest BCUT2D eigenvalue weighted by atomic mass is 32.2. The van der Waals surface area contributed by atoms with Gasteiger partial charge in [0.2, 0.25) is 0 Å². The van der Waals surface area contributed by atoms with Gasteiger partial charge >= 0.3 is 0 Å². The smallest absolute Gasteiger partial charge is 0.273 e. The molecule has 0 saturated heterocycles. The van der Waals surface area contributed by atoms with Crippen LogP contribution in [-0.2, 0) is 7.05 Å². The Labute approximate surface area is 170 Å². The number of benzene rings is 1. The maximum Gasteiger partial charge on any atom is 0.273 e. The minimum Gasteiger partial charge on any atom is -0.436 e. The van der Waals surface area contributed by atoms with Gasteiger partial charge in [0.05, 0.1) is 6.20 Å². The van der Waals surface area contributed by atoms with Crippen LogP contribution in [0.15, 0.2) is 59.5 Å². The molecule has 9 heteroatoms. The summed E-state index contributed by atoms with van der Waals surface area (Å²) in [5.74, 6) is -1.78. The van der Waals surface area contributed by atoms with Crippen molar-refractivity contribution in [1.29, 1.82) is 0 Å². The number of aromatic nitrogens is 2. The molecule has 0 saturated carbocycles. The molecule has 0 radical (unpaired) electrons. The number of rotatable bonds is 7. The minimum absolute atomic E-state index is 0.193. The van der Waals surface area contributed by atoms with E-state index in [1.165, 1.54) is 16.5 Å². The predicted octanol–water partition coefficient (Wildman–Crippen LogP) is 4.76. The van der Waals surface area contributed by atoms with Gasteiger partial charge in [-0.1, -0.05) is 6.58 Å². The molecule has 1 aromatic carbocycles. The number of pyridine rings is 2. The summed E-state index contributed by atoms with van der Waals surface area (Å²) in [6, 6.07) is 7.52. The van der Waals surface area contributed by atoms with Crippen molar-refractivity contribution in [1.82, 2.24) is 9.55 Å². The van der Waals surface area contributed by atoms with Gasteiger partial charge in [0.15, 0.2) is 5.82 Å². The largest absolute Gasteiger partial charge is 0.436 e. The zero-order valence-electron chi connectivity index (χ0n) is 15.7. The van der Waals surface area contributed by atoms with Crippen LogP contribution in [0, 0.1) is 11.6 Å². The van der Waals surface area contributed by atoms with E-state index in [1.54, 1.807) is 50.0 Å². The molecule has 0 bridgehead atoms. The van der Waals surface area contributed by atoms with Crippen molar-refractivity contribution in [2.75, 3.05) is 17.1 Å². The van der Waals surface area contributed by atoms with Crippen LogP contribution >= 0.6 is 11.9 Å². The van der Waals surface area contributed by atoms with Crippen molar-refractivity contribution in [2.45, 2.75) is 0 Å². The van der Waals surface area contributed by atoms with E-state index in [1.807, 2.05) is 0 Å². The first-order chi connectivity index (χ1) is 13.9. The third kappa shape index (κ3) is 4.57. The summed E-state index contributed by atoms with van der Waals surface area (Å²) in [6.07, 6.45) is 2.52. The van der Waals surface area contributed by atoms with E-state index in [2.05, 4.69) is 21.6 Å². The van der Waals surface area contributed by atoms with Gasteiger partial charge in [0, 0.05) is 43.2 Å². The lowest BCUT2D eigenvalue weighted by molar-refractivity contribution is 0.418. The van der Waals surface area contributed by atoms with Crippen molar-refractivity contribution >= 4 is 23.3 Å². The number of aryl methyl sites for hydroxylation is 1. The first kappa shape index (κ1) is 20.4. The van der Waals surface area contributed by atoms with E-state index in [0.717, 1.165) is 11.9 Å². The number of nitrogens with one attached hydrogen (secondary N) is 2. The second-order valence-electron chi connectivity index (χ2n) is 5.95. The average Bonchev–Trinajstić information content (AvgIpc) is 2.71. The number of anilines is 2. The molecule has 0 atom stereocenters. The third-order valence-electron chi connectivity index (χ3n) is 3.98. The van der Waals surface area contributed by atoms with Crippen LogP contribution in [0.5, 0.6) is 11.6 Å². The first-order valence-corrected chi connectivity index (χ1v) is 9.35. The van der Waals surface area contributed by atoms with Crippen LogP contribution in [-0.4, -0.2) is 16.6 Å². The topological polar surface area (TPSA) is 68.2 Å². The van der Waals surface area contributed by atoms with E-state index in [-0.39, 0.29) is 17.2 Å². The Bertz CT molecular complexity index is 1120. The monoisotopic (exact) mass is 416 g/mol. The second kappa shape index (κ2) is 8.78. The molecule has 0 aliphatic carbocycles. The van der Waals surface area contributed by atoms with Crippen molar-refractivity contribution in [2.24, 2.45) is 7.05 Å². The van der Waals surface area contributed by atoms with Crippen LogP contribution in [0.25, 0.3) is 11.1 Å². The van der Waals surface area contributed by atoms with Gasteiger partial charge in [0.25, 0.3) is 11.4 Å². The number of hydrogen-bond donors (Lipinski definition) is 2. The SMILES string of the molecule is C=CSNc1ccc(Oc2ncc(F)cc2F)c(-c2cc(NC)c(=O)n(C)c2)c1. The Morgan fingerprint density at radius 3 is 2.76 bits per heavy atom. The molecular formula is C20H18F2N4O2S. The zero-order valence-corrected chi connectivity index (χ0v) is 16.5. The fraction of sp³-hybridized carbons (Fsp3) is 0.100. The summed E-state index contributed by atoms with van der Waals surface area (Å²) in [5.41, 5.74) is 2.17. The van der Waals surface area contributed by atoms with Crippen LogP contribution in [0.2, 0.25) is 0 Å². The van der Waals surface area contributed by atoms with Gasteiger partial charge < -0.3 is 19.3 Å². The van der Waals surface area contributed by atoms with Crippen molar-refractivity contribution in [3.63, 3.8) is 0 Å². The Morgan fingerprint density at radius 1 is 1.28 bits per heavy atom. The fourth-order valence-electron chi connectivity index (χ4n) is 2.64. The Morgan fingerprint density at radius 2 is 2.07 bits per heavy atom. The first-order valence-electron chi connectivity index (χ1n) is 8.47. The number of ether oxygens (including phenoxy) is 1. The highest BCUT2D eigenvalue weighted by Gasteiger charge is 2.15. The lowest BCUT2D eigenvalue weighted by atomic mass is 10.0. The molecule has 0 fully saturated rings. The molecule has 0 amide bonds. The van der Waals surface area contributed by atoms with Crippen LogP contribution in [0.4, 0.5) is 20.2 Å². The standard InChI is InChI=1S/C20H18F2N4O2S/c1-4-29-25-14-5-6-18(28-19-16(22)8-13(21)10-24-19)15(9-14)12-7-17(23-2)20(27)26(3)11-12/h4-11,23,25H,1H2,2-3H3. The molecule has 3 rings (SSSR count). The number of halogens is 2. The Kier molecular flexibility index (Phi) is 6.18. The lowest BCUT2D eigenvalue weighted by Crippen LogP contribution is -2.19. The maximum absolute atomic E-state index is 14.0. The van der Waals surface area contributed by atoms with E-state index >= 15 is 0 Å². The van der Waals surface area contributed by atoms with E-state index in [9.17, 15) is 13.6 Å². The van der Waals surface area contributed by atoms with Gasteiger partial charge in [-0.05, 0) is 41.6 Å². The number of hydrogen-bond acceptors (Lipinski definition) is 6. The molecule has 2 heterocycles. The molecule has 0 spiro atoms. The summed E-state index contributed by atoms with van der Waals surface area (Å²) in [6.45, 7) is 3.64. The average molecular weight is 416 g/mol. The van der Waals surface area contributed by atoms with Gasteiger partial charge in [-0.3, -0.25) is 4.79 Å². The fourth-order valence-corrected chi connectivity index (χ4v) is 2.98. The molecule has 29 heavy (non-hydrogen) atoms. The predicted molar refractivity (Wildman–Crippen MR) is 112 cm³/mol.